The van der Waals surface area contributed by atoms with Gasteiger partial charge in [0.05, 0.1) is 0 Å². The van der Waals surface area contributed by atoms with Crippen LogP contribution in [0.3, 0.4) is 0 Å². The van der Waals surface area contributed by atoms with Crippen LogP contribution in [0.15, 0.2) is 59.8 Å². The first kappa shape index (κ1) is 12.3. The van der Waals surface area contributed by atoms with E-state index >= 15 is 0 Å². The Labute approximate surface area is 118 Å². The molecule has 1 aliphatic rings. The summed E-state index contributed by atoms with van der Waals surface area (Å²) < 4.78 is 0. The Morgan fingerprint density at radius 2 is 1.74 bits per heavy atom. The predicted molar refractivity (Wildman–Crippen MR) is 81.0 cm³/mol. The van der Waals surface area contributed by atoms with Gasteiger partial charge in [-0.05, 0) is 41.7 Å². The number of rotatable bonds is 3. The Balaban J connectivity index is 1.80. The molecule has 0 saturated heterocycles. The maximum absolute atomic E-state index is 6.04. The first-order valence-corrected chi connectivity index (χ1v) is 6.91. The van der Waals surface area contributed by atoms with Gasteiger partial charge in [-0.15, -0.1) is 0 Å². The van der Waals surface area contributed by atoms with Crippen molar-refractivity contribution in [3.63, 3.8) is 0 Å². The summed E-state index contributed by atoms with van der Waals surface area (Å²) in [6.45, 7) is 0. The molecule has 0 radical (unpaired) electrons. The molecule has 2 heteroatoms. The number of nitrogens with two attached hydrogens (primary N) is 1. The molecule has 1 saturated carbocycles. The highest BCUT2D eigenvalue weighted by Crippen LogP contribution is 2.31. The molecule has 0 spiro atoms. The van der Waals surface area contributed by atoms with Crippen molar-refractivity contribution in [1.29, 1.82) is 0 Å². The van der Waals surface area contributed by atoms with Gasteiger partial charge in [-0.25, -0.2) is 0 Å². The van der Waals surface area contributed by atoms with Crippen LogP contribution in [0.2, 0.25) is 5.02 Å². The average Bonchev–Trinajstić information content (AvgIpc) is 3.24. The third kappa shape index (κ3) is 2.99. The number of allylic oxidation sites excluding steroid dienone is 2. The molecule has 0 heterocycles. The van der Waals surface area contributed by atoms with Crippen LogP contribution in [0.5, 0.6) is 0 Å². The highest BCUT2D eigenvalue weighted by Gasteiger charge is 2.15. The molecule has 19 heavy (non-hydrogen) atoms. The van der Waals surface area contributed by atoms with E-state index in [2.05, 4.69) is 30.3 Å². The largest absolute Gasteiger partial charge is 0.402 e. The van der Waals surface area contributed by atoms with E-state index in [1.807, 2.05) is 18.2 Å². The lowest BCUT2D eigenvalue weighted by Gasteiger charge is -2.05. The summed E-state index contributed by atoms with van der Waals surface area (Å²) in [5.41, 5.74) is 12.1. The lowest BCUT2D eigenvalue weighted by molar-refractivity contribution is 1.10. The highest BCUT2D eigenvalue weighted by atomic mass is 35.5. The second-order valence-corrected chi connectivity index (χ2v) is 5.45. The monoisotopic (exact) mass is 269 g/mol. The average molecular weight is 270 g/mol. The molecule has 0 aromatic heterocycles. The van der Waals surface area contributed by atoms with Gasteiger partial charge in [-0.3, -0.25) is 0 Å². The zero-order chi connectivity index (χ0) is 13.2. The van der Waals surface area contributed by atoms with Gasteiger partial charge in [0.2, 0.25) is 0 Å². The van der Waals surface area contributed by atoms with Crippen LogP contribution in [-0.4, -0.2) is 0 Å². The SMILES string of the molecule is NC(Cc1ccc(-c2cccc(Cl)c2)cc1)=C1CC1. The third-order valence-corrected chi connectivity index (χ3v) is 3.70. The minimum absolute atomic E-state index is 0.768. The molecular weight excluding hydrogens is 254 g/mol. The lowest BCUT2D eigenvalue weighted by atomic mass is 10.0. The Morgan fingerprint density at radius 3 is 2.37 bits per heavy atom. The van der Waals surface area contributed by atoms with E-state index in [-0.39, 0.29) is 0 Å². The summed E-state index contributed by atoms with van der Waals surface area (Å²) in [6.07, 6.45) is 3.24. The fourth-order valence-electron chi connectivity index (χ4n) is 2.21. The van der Waals surface area contributed by atoms with Crippen molar-refractivity contribution in [3.05, 3.63) is 70.4 Å². The fraction of sp³-hybridized carbons (Fsp3) is 0.176. The van der Waals surface area contributed by atoms with Crippen molar-refractivity contribution >= 4 is 11.6 Å². The van der Waals surface area contributed by atoms with Crippen molar-refractivity contribution in [1.82, 2.24) is 0 Å². The van der Waals surface area contributed by atoms with Crippen LogP contribution in [0, 0.1) is 0 Å². The summed E-state index contributed by atoms with van der Waals surface area (Å²) in [7, 11) is 0. The molecule has 0 unspecified atom stereocenters. The lowest BCUT2D eigenvalue weighted by Crippen LogP contribution is -2.01. The van der Waals surface area contributed by atoms with Gasteiger partial charge < -0.3 is 5.73 Å². The number of hydrogen-bond acceptors (Lipinski definition) is 1. The predicted octanol–water partition coefficient (Wildman–Crippen LogP) is 4.56. The summed E-state index contributed by atoms with van der Waals surface area (Å²) >= 11 is 6.01. The van der Waals surface area contributed by atoms with Crippen LogP contribution < -0.4 is 5.73 Å². The van der Waals surface area contributed by atoms with Crippen LogP contribution >= 0.6 is 11.6 Å². The van der Waals surface area contributed by atoms with E-state index in [0.29, 0.717) is 0 Å². The molecule has 0 aliphatic heterocycles. The Morgan fingerprint density at radius 1 is 1.00 bits per heavy atom. The van der Waals surface area contributed by atoms with Crippen LogP contribution in [0.25, 0.3) is 11.1 Å². The van der Waals surface area contributed by atoms with Gasteiger partial charge >= 0.3 is 0 Å². The van der Waals surface area contributed by atoms with Crippen molar-refractivity contribution in [2.45, 2.75) is 19.3 Å². The zero-order valence-corrected chi connectivity index (χ0v) is 11.5. The molecular formula is C17H16ClN. The van der Waals surface area contributed by atoms with Gasteiger partial charge in [0.25, 0.3) is 0 Å². The van der Waals surface area contributed by atoms with Gasteiger partial charge in [-0.1, -0.05) is 53.6 Å². The number of hydrogen-bond donors (Lipinski definition) is 1. The Hall–Kier alpha value is -1.73. The molecule has 0 amide bonds. The summed E-state index contributed by atoms with van der Waals surface area (Å²) in [4.78, 5) is 0. The summed E-state index contributed by atoms with van der Waals surface area (Å²) in [5.74, 6) is 0. The van der Waals surface area contributed by atoms with E-state index in [0.717, 1.165) is 22.7 Å². The fourth-order valence-corrected chi connectivity index (χ4v) is 2.40. The van der Waals surface area contributed by atoms with Gasteiger partial charge in [0.15, 0.2) is 0 Å². The molecule has 1 fully saturated rings. The topological polar surface area (TPSA) is 26.0 Å². The maximum Gasteiger partial charge on any atom is 0.0412 e. The van der Waals surface area contributed by atoms with E-state index < -0.39 is 0 Å². The van der Waals surface area contributed by atoms with Crippen molar-refractivity contribution in [3.8, 4) is 11.1 Å². The highest BCUT2D eigenvalue weighted by molar-refractivity contribution is 6.30. The molecule has 1 nitrogen and oxygen atoms in total. The molecule has 96 valence electrons. The second kappa shape index (κ2) is 5.10. The standard InChI is InChI=1S/C17H16ClN/c18-16-3-1-2-15(11-16)13-6-4-12(5-7-13)10-17(19)14-8-9-14/h1-7,11H,8-10,19H2. The van der Waals surface area contributed by atoms with Gasteiger partial charge in [0.1, 0.15) is 0 Å². The van der Waals surface area contributed by atoms with Crippen molar-refractivity contribution in [2.75, 3.05) is 0 Å². The first-order chi connectivity index (χ1) is 9.22. The van der Waals surface area contributed by atoms with Crippen LogP contribution in [-0.2, 0) is 6.42 Å². The van der Waals surface area contributed by atoms with Gasteiger partial charge in [-0.2, -0.15) is 0 Å². The van der Waals surface area contributed by atoms with Crippen LogP contribution in [0.1, 0.15) is 18.4 Å². The minimum Gasteiger partial charge on any atom is -0.402 e. The normalized spacial score (nSPS) is 13.4. The summed E-state index contributed by atoms with van der Waals surface area (Å²) in [5, 5.41) is 0.768. The van der Waals surface area contributed by atoms with E-state index in [1.165, 1.54) is 29.5 Å². The molecule has 0 atom stereocenters. The zero-order valence-electron chi connectivity index (χ0n) is 10.7. The second-order valence-electron chi connectivity index (χ2n) is 5.01. The Bertz CT molecular complexity index is 620. The minimum atomic E-state index is 0.768. The van der Waals surface area contributed by atoms with E-state index in [1.54, 1.807) is 0 Å². The molecule has 2 aromatic rings. The van der Waals surface area contributed by atoms with Gasteiger partial charge in [0, 0.05) is 17.1 Å². The molecule has 0 bridgehead atoms. The van der Waals surface area contributed by atoms with Crippen molar-refractivity contribution < 1.29 is 0 Å². The molecule has 2 aromatic carbocycles. The van der Waals surface area contributed by atoms with E-state index in [9.17, 15) is 0 Å². The molecule has 3 rings (SSSR count). The smallest absolute Gasteiger partial charge is 0.0412 e. The molecule has 2 N–H and O–H groups in total. The number of halogens is 1. The first-order valence-electron chi connectivity index (χ1n) is 6.53. The molecule has 1 aliphatic carbocycles. The quantitative estimate of drug-likeness (QED) is 0.869. The summed E-state index contributed by atoms with van der Waals surface area (Å²) in [6, 6.07) is 16.5. The third-order valence-electron chi connectivity index (χ3n) is 3.46. The van der Waals surface area contributed by atoms with Crippen LogP contribution in [0.4, 0.5) is 0 Å². The number of benzene rings is 2. The Kier molecular flexibility index (Phi) is 3.31. The van der Waals surface area contributed by atoms with Crippen molar-refractivity contribution in [2.24, 2.45) is 5.73 Å². The maximum atomic E-state index is 6.04. The van der Waals surface area contributed by atoms with E-state index in [4.69, 9.17) is 17.3 Å².